The van der Waals surface area contributed by atoms with E-state index in [0.717, 1.165) is 22.9 Å². The Morgan fingerprint density at radius 3 is 2.53 bits per heavy atom. The largest absolute Gasteiger partial charge is 0.493 e. The monoisotopic (exact) mass is 494 g/mol. The van der Waals surface area contributed by atoms with Crippen molar-refractivity contribution >= 4 is 33.4 Å². The molecule has 0 aliphatic heterocycles. The number of nitrogens with zero attached hydrogens (tertiary/aromatic N) is 1. The number of amides is 2. The van der Waals surface area contributed by atoms with Crippen LogP contribution in [0, 0.1) is 0 Å². The van der Waals surface area contributed by atoms with E-state index in [1.165, 1.54) is 0 Å². The average molecular weight is 495 g/mol. The lowest BCUT2D eigenvalue weighted by molar-refractivity contribution is 0.0784. The van der Waals surface area contributed by atoms with Gasteiger partial charge in [0, 0.05) is 29.3 Å². The van der Waals surface area contributed by atoms with Crippen molar-refractivity contribution in [1.82, 2.24) is 4.90 Å². The van der Waals surface area contributed by atoms with Gasteiger partial charge in [-0.2, -0.15) is 0 Å². The van der Waals surface area contributed by atoms with Crippen LogP contribution in [0.3, 0.4) is 0 Å². The number of nitrogens with one attached hydrogen (secondary N) is 1. The number of ether oxygens (including phenoxy) is 1. The summed E-state index contributed by atoms with van der Waals surface area (Å²) in [5.41, 5.74) is 2.55. The number of carbonyl (C=O) groups is 2. The predicted molar refractivity (Wildman–Crippen MR) is 131 cm³/mol. The fourth-order valence-electron chi connectivity index (χ4n) is 3.21. The highest BCUT2D eigenvalue weighted by Gasteiger charge is 2.16. The van der Waals surface area contributed by atoms with Gasteiger partial charge in [-0.15, -0.1) is 0 Å². The second kappa shape index (κ2) is 11.5. The SMILES string of the molecule is CCCCOc1ccc(Br)cc1C(=O)Nc1cccc(C(=O)N(C)Cc2ccccc2)c1. The maximum absolute atomic E-state index is 13.0. The van der Waals surface area contributed by atoms with Gasteiger partial charge in [0.15, 0.2) is 0 Å². The minimum Gasteiger partial charge on any atom is -0.493 e. The summed E-state index contributed by atoms with van der Waals surface area (Å²) >= 11 is 3.42. The second-order valence-corrected chi connectivity index (χ2v) is 8.44. The number of carbonyl (C=O) groups excluding carboxylic acids is 2. The van der Waals surface area contributed by atoms with Crippen LogP contribution < -0.4 is 10.1 Å². The van der Waals surface area contributed by atoms with Gasteiger partial charge in [0.2, 0.25) is 0 Å². The van der Waals surface area contributed by atoms with Crippen LogP contribution >= 0.6 is 15.9 Å². The number of hydrogen-bond donors (Lipinski definition) is 1. The van der Waals surface area contributed by atoms with E-state index in [0.29, 0.717) is 35.7 Å². The molecule has 0 bridgehead atoms. The molecule has 0 aliphatic carbocycles. The Labute approximate surface area is 197 Å². The van der Waals surface area contributed by atoms with Crippen LogP contribution in [0.15, 0.2) is 77.3 Å². The highest BCUT2D eigenvalue weighted by molar-refractivity contribution is 9.10. The van der Waals surface area contributed by atoms with Gasteiger partial charge in [0.05, 0.1) is 12.2 Å². The third-order valence-electron chi connectivity index (χ3n) is 4.92. The molecule has 0 saturated heterocycles. The van der Waals surface area contributed by atoms with Gasteiger partial charge >= 0.3 is 0 Å². The average Bonchev–Trinajstić information content (AvgIpc) is 2.80. The summed E-state index contributed by atoms with van der Waals surface area (Å²) in [5, 5.41) is 2.89. The second-order valence-electron chi connectivity index (χ2n) is 7.52. The van der Waals surface area contributed by atoms with E-state index in [9.17, 15) is 9.59 Å². The van der Waals surface area contributed by atoms with E-state index in [1.54, 1.807) is 48.3 Å². The molecule has 0 fully saturated rings. The summed E-state index contributed by atoms with van der Waals surface area (Å²) in [5.74, 6) is 0.130. The number of unbranched alkanes of at least 4 members (excludes halogenated alkanes) is 1. The third-order valence-corrected chi connectivity index (χ3v) is 5.41. The Morgan fingerprint density at radius 1 is 1.00 bits per heavy atom. The predicted octanol–water partition coefficient (Wildman–Crippen LogP) is 6.15. The molecular formula is C26H27BrN2O3. The smallest absolute Gasteiger partial charge is 0.259 e. The van der Waals surface area contributed by atoms with E-state index in [-0.39, 0.29) is 11.8 Å². The lowest BCUT2D eigenvalue weighted by atomic mass is 10.1. The minimum atomic E-state index is -0.292. The fourth-order valence-corrected chi connectivity index (χ4v) is 3.57. The van der Waals surface area contributed by atoms with Crippen LogP contribution in [0.2, 0.25) is 0 Å². The summed E-state index contributed by atoms with van der Waals surface area (Å²) in [6.07, 6.45) is 1.93. The van der Waals surface area contributed by atoms with Gasteiger partial charge in [-0.25, -0.2) is 0 Å². The molecule has 0 heterocycles. The molecule has 1 N–H and O–H groups in total. The molecular weight excluding hydrogens is 468 g/mol. The van der Waals surface area contributed by atoms with Crippen molar-refractivity contribution in [2.75, 3.05) is 19.0 Å². The van der Waals surface area contributed by atoms with Crippen LogP contribution in [-0.4, -0.2) is 30.4 Å². The maximum Gasteiger partial charge on any atom is 0.259 e. The molecule has 32 heavy (non-hydrogen) atoms. The van der Waals surface area contributed by atoms with Gasteiger partial charge in [0.25, 0.3) is 11.8 Å². The minimum absolute atomic E-state index is 0.115. The van der Waals surface area contributed by atoms with E-state index in [1.807, 2.05) is 36.4 Å². The first-order valence-corrected chi connectivity index (χ1v) is 11.4. The van der Waals surface area contributed by atoms with Crippen molar-refractivity contribution in [1.29, 1.82) is 0 Å². The molecule has 0 atom stereocenters. The maximum atomic E-state index is 13.0. The summed E-state index contributed by atoms with van der Waals surface area (Å²) in [4.78, 5) is 27.5. The normalized spacial score (nSPS) is 10.5. The van der Waals surface area contributed by atoms with E-state index >= 15 is 0 Å². The van der Waals surface area contributed by atoms with Gasteiger partial charge in [-0.05, 0) is 48.4 Å². The van der Waals surface area contributed by atoms with Crippen molar-refractivity contribution in [2.24, 2.45) is 0 Å². The molecule has 0 saturated carbocycles. The zero-order chi connectivity index (χ0) is 22.9. The van der Waals surface area contributed by atoms with Crippen LogP contribution in [-0.2, 0) is 6.54 Å². The highest BCUT2D eigenvalue weighted by Crippen LogP contribution is 2.25. The van der Waals surface area contributed by atoms with Gasteiger partial charge in [0.1, 0.15) is 5.75 Å². The lowest BCUT2D eigenvalue weighted by Gasteiger charge is -2.18. The number of hydrogen-bond acceptors (Lipinski definition) is 3. The molecule has 0 unspecified atom stereocenters. The molecule has 0 radical (unpaired) electrons. The Hall–Kier alpha value is -3.12. The van der Waals surface area contributed by atoms with Gasteiger partial charge < -0.3 is 15.0 Å². The van der Waals surface area contributed by atoms with Crippen molar-refractivity contribution in [3.8, 4) is 5.75 Å². The lowest BCUT2D eigenvalue weighted by Crippen LogP contribution is -2.26. The van der Waals surface area contributed by atoms with Crippen LogP contribution in [0.25, 0.3) is 0 Å². The molecule has 0 aromatic heterocycles. The molecule has 166 valence electrons. The molecule has 0 aliphatic rings. The van der Waals surface area contributed by atoms with Crippen molar-refractivity contribution in [3.63, 3.8) is 0 Å². The number of anilines is 1. The van der Waals surface area contributed by atoms with E-state index in [2.05, 4.69) is 28.2 Å². The Bertz CT molecular complexity index is 1070. The molecule has 6 heteroatoms. The number of rotatable bonds is 9. The Morgan fingerprint density at radius 2 is 1.78 bits per heavy atom. The van der Waals surface area contributed by atoms with Crippen molar-refractivity contribution in [3.05, 3.63) is 94.0 Å². The van der Waals surface area contributed by atoms with Crippen LogP contribution in [0.4, 0.5) is 5.69 Å². The first-order valence-electron chi connectivity index (χ1n) is 10.6. The molecule has 3 aromatic carbocycles. The quantitative estimate of drug-likeness (QED) is 0.362. The Balaban J connectivity index is 1.72. The first kappa shape index (κ1) is 23.5. The third kappa shape index (κ3) is 6.44. The molecule has 3 rings (SSSR count). The van der Waals surface area contributed by atoms with Crippen LogP contribution in [0.5, 0.6) is 5.75 Å². The Kier molecular flexibility index (Phi) is 8.45. The molecule has 3 aromatic rings. The topological polar surface area (TPSA) is 58.6 Å². The summed E-state index contributed by atoms with van der Waals surface area (Å²) < 4.78 is 6.59. The van der Waals surface area contributed by atoms with Gasteiger partial charge in [-0.3, -0.25) is 9.59 Å². The highest BCUT2D eigenvalue weighted by atomic mass is 79.9. The van der Waals surface area contributed by atoms with Crippen molar-refractivity contribution in [2.45, 2.75) is 26.3 Å². The zero-order valence-electron chi connectivity index (χ0n) is 18.3. The van der Waals surface area contributed by atoms with Crippen LogP contribution in [0.1, 0.15) is 46.0 Å². The zero-order valence-corrected chi connectivity index (χ0v) is 19.9. The number of benzene rings is 3. The summed E-state index contributed by atoms with van der Waals surface area (Å²) in [7, 11) is 1.77. The van der Waals surface area contributed by atoms with E-state index in [4.69, 9.17) is 4.74 Å². The molecule has 0 spiro atoms. The summed E-state index contributed by atoms with van der Waals surface area (Å²) in [6, 6.07) is 22.2. The molecule has 5 nitrogen and oxygen atoms in total. The number of halogens is 1. The van der Waals surface area contributed by atoms with Crippen molar-refractivity contribution < 1.29 is 14.3 Å². The first-order chi connectivity index (χ1) is 15.5. The van der Waals surface area contributed by atoms with E-state index < -0.39 is 0 Å². The molecule has 2 amide bonds. The van der Waals surface area contributed by atoms with Gasteiger partial charge in [-0.1, -0.05) is 65.7 Å². The summed E-state index contributed by atoms with van der Waals surface area (Å²) in [6.45, 7) is 3.15. The fraction of sp³-hybridized carbons (Fsp3) is 0.231. The standard InChI is InChI=1S/C26H27BrN2O3/c1-3-4-15-32-24-14-13-21(27)17-23(24)25(30)28-22-12-8-11-20(16-22)26(31)29(2)18-19-9-6-5-7-10-19/h5-14,16-17H,3-4,15,18H2,1-2H3,(H,28,30).